The van der Waals surface area contributed by atoms with Gasteiger partial charge in [0.05, 0.1) is 11.7 Å². The van der Waals surface area contributed by atoms with Gasteiger partial charge in [-0.1, -0.05) is 20.3 Å². The quantitative estimate of drug-likeness (QED) is 0.702. The highest BCUT2D eigenvalue weighted by atomic mass is 16.5. The van der Waals surface area contributed by atoms with Crippen molar-refractivity contribution >= 4 is 0 Å². The Hall–Kier alpha value is -0.0800. The minimum atomic E-state index is -0.407. The van der Waals surface area contributed by atoms with E-state index in [0.29, 0.717) is 12.0 Å². The Bertz CT molecular complexity index is 139. The van der Waals surface area contributed by atoms with Crippen molar-refractivity contribution in [3.8, 4) is 0 Å². The second-order valence-corrected chi connectivity index (χ2v) is 4.21. The van der Waals surface area contributed by atoms with Crippen LogP contribution in [0.5, 0.6) is 0 Å². The molecule has 0 aromatic carbocycles. The van der Waals surface area contributed by atoms with Crippen LogP contribution in [0, 0.1) is 5.92 Å². The van der Waals surface area contributed by atoms with Crippen molar-refractivity contribution in [3.63, 3.8) is 0 Å². The van der Waals surface area contributed by atoms with Crippen molar-refractivity contribution in [2.75, 3.05) is 7.11 Å². The number of hydrogen-bond acceptors (Lipinski definition) is 2. The Morgan fingerprint density at radius 3 is 2.58 bits per heavy atom. The summed E-state index contributed by atoms with van der Waals surface area (Å²) in [6.07, 6.45) is 4.05. The highest BCUT2D eigenvalue weighted by Crippen LogP contribution is 2.39. The monoisotopic (exact) mass is 172 g/mol. The predicted octanol–water partition coefficient (Wildman–Crippen LogP) is 1.96. The second-order valence-electron chi connectivity index (χ2n) is 4.21. The minimum Gasteiger partial charge on any atom is -0.390 e. The van der Waals surface area contributed by atoms with Crippen LogP contribution in [-0.2, 0) is 4.74 Å². The third-order valence-electron chi connectivity index (χ3n) is 2.97. The molecule has 12 heavy (non-hydrogen) atoms. The third-order valence-corrected chi connectivity index (χ3v) is 2.97. The van der Waals surface area contributed by atoms with Gasteiger partial charge in [-0.05, 0) is 12.3 Å². The summed E-state index contributed by atoms with van der Waals surface area (Å²) in [6.45, 7) is 4.36. The lowest BCUT2D eigenvalue weighted by atomic mass is 9.72. The smallest absolute Gasteiger partial charge is 0.0699 e. The van der Waals surface area contributed by atoms with Crippen molar-refractivity contribution in [1.29, 1.82) is 0 Å². The van der Waals surface area contributed by atoms with Gasteiger partial charge in [-0.2, -0.15) is 0 Å². The summed E-state index contributed by atoms with van der Waals surface area (Å²) in [5.74, 6) is 0.632. The first kappa shape index (κ1) is 10.0. The van der Waals surface area contributed by atoms with E-state index in [9.17, 15) is 5.11 Å². The molecule has 1 fully saturated rings. The van der Waals surface area contributed by atoms with Crippen molar-refractivity contribution in [3.05, 3.63) is 0 Å². The molecule has 0 bridgehead atoms. The normalized spacial score (nSPS) is 37.5. The van der Waals surface area contributed by atoms with E-state index in [-0.39, 0.29) is 0 Å². The first-order valence-corrected chi connectivity index (χ1v) is 4.85. The van der Waals surface area contributed by atoms with Crippen LogP contribution in [0.15, 0.2) is 0 Å². The Morgan fingerprint density at radius 2 is 2.17 bits per heavy atom. The summed E-state index contributed by atoms with van der Waals surface area (Å²) >= 11 is 0. The first-order valence-electron chi connectivity index (χ1n) is 4.85. The van der Waals surface area contributed by atoms with Crippen molar-refractivity contribution in [2.45, 2.75) is 51.2 Å². The zero-order valence-corrected chi connectivity index (χ0v) is 8.34. The van der Waals surface area contributed by atoms with E-state index in [1.54, 1.807) is 7.11 Å². The van der Waals surface area contributed by atoms with Crippen molar-refractivity contribution < 1.29 is 9.84 Å². The van der Waals surface area contributed by atoms with E-state index in [2.05, 4.69) is 13.8 Å². The van der Waals surface area contributed by atoms with Gasteiger partial charge in [-0.25, -0.2) is 0 Å². The summed E-state index contributed by atoms with van der Waals surface area (Å²) in [4.78, 5) is 0. The fraction of sp³-hybridized carbons (Fsp3) is 1.00. The molecular formula is C10H20O2. The Kier molecular flexibility index (Phi) is 3.13. The van der Waals surface area contributed by atoms with Crippen LogP contribution in [0.1, 0.15) is 39.5 Å². The van der Waals surface area contributed by atoms with E-state index >= 15 is 0 Å². The molecule has 1 aliphatic rings. The largest absolute Gasteiger partial charge is 0.390 e. The summed E-state index contributed by atoms with van der Waals surface area (Å²) < 4.78 is 5.14. The zero-order chi connectivity index (χ0) is 9.19. The molecule has 1 unspecified atom stereocenters. The lowest BCUT2D eigenvalue weighted by molar-refractivity contribution is -0.137. The molecule has 2 nitrogen and oxygen atoms in total. The number of ether oxygens (including phenoxy) is 1. The van der Waals surface area contributed by atoms with E-state index in [1.807, 2.05) is 0 Å². The van der Waals surface area contributed by atoms with Crippen LogP contribution < -0.4 is 0 Å². The van der Waals surface area contributed by atoms with Crippen LogP contribution in [0.2, 0.25) is 0 Å². The van der Waals surface area contributed by atoms with E-state index in [1.165, 1.54) is 0 Å². The Labute approximate surface area is 74.9 Å². The highest BCUT2D eigenvalue weighted by Gasteiger charge is 2.43. The average molecular weight is 172 g/mol. The fourth-order valence-corrected chi connectivity index (χ4v) is 1.91. The summed E-state index contributed by atoms with van der Waals surface area (Å²) in [6, 6.07) is 0. The highest BCUT2D eigenvalue weighted by molar-refractivity contribution is 4.95. The van der Waals surface area contributed by atoms with Crippen LogP contribution in [0.3, 0.4) is 0 Å². The van der Waals surface area contributed by atoms with Gasteiger partial charge in [0, 0.05) is 20.0 Å². The van der Waals surface area contributed by atoms with Crippen LogP contribution >= 0.6 is 0 Å². The summed E-state index contributed by atoms with van der Waals surface area (Å²) in [7, 11) is 1.72. The van der Waals surface area contributed by atoms with E-state index in [0.717, 1.165) is 25.7 Å². The molecule has 0 aliphatic heterocycles. The number of rotatable bonds is 4. The molecule has 0 amide bonds. The minimum absolute atomic E-state index is 0.305. The first-order chi connectivity index (χ1) is 5.59. The second kappa shape index (κ2) is 3.75. The molecule has 0 aromatic heterocycles. The standard InChI is InChI=1S/C10H20O2/c1-4-8(2)5-10(11)6-9(7-10)12-3/h8-9,11H,4-7H2,1-3H3. The van der Waals surface area contributed by atoms with Gasteiger partial charge in [0.25, 0.3) is 0 Å². The van der Waals surface area contributed by atoms with Crippen molar-refractivity contribution in [1.82, 2.24) is 0 Å². The van der Waals surface area contributed by atoms with Gasteiger partial charge in [-0.3, -0.25) is 0 Å². The van der Waals surface area contributed by atoms with Gasteiger partial charge < -0.3 is 9.84 Å². The molecule has 2 heteroatoms. The van der Waals surface area contributed by atoms with Crippen LogP contribution in [0.25, 0.3) is 0 Å². The lowest BCUT2D eigenvalue weighted by Gasteiger charge is -2.44. The average Bonchev–Trinajstić information content (AvgIpc) is 1.99. The predicted molar refractivity (Wildman–Crippen MR) is 49.1 cm³/mol. The number of methoxy groups -OCH3 is 1. The molecule has 1 rings (SSSR count). The van der Waals surface area contributed by atoms with Gasteiger partial charge >= 0.3 is 0 Å². The van der Waals surface area contributed by atoms with E-state index in [4.69, 9.17) is 4.74 Å². The molecule has 1 N–H and O–H groups in total. The Morgan fingerprint density at radius 1 is 1.58 bits per heavy atom. The molecule has 0 spiro atoms. The van der Waals surface area contributed by atoms with Gasteiger partial charge in [0.1, 0.15) is 0 Å². The molecule has 0 saturated heterocycles. The summed E-state index contributed by atoms with van der Waals surface area (Å²) in [5, 5.41) is 9.93. The van der Waals surface area contributed by atoms with Gasteiger partial charge in [-0.15, -0.1) is 0 Å². The SMILES string of the molecule is CCC(C)CC1(O)CC(OC)C1. The number of hydrogen-bond donors (Lipinski definition) is 1. The topological polar surface area (TPSA) is 29.5 Å². The fourth-order valence-electron chi connectivity index (χ4n) is 1.91. The van der Waals surface area contributed by atoms with Gasteiger partial charge in [0.15, 0.2) is 0 Å². The zero-order valence-electron chi connectivity index (χ0n) is 8.34. The van der Waals surface area contributed by atoms with Crippen LogP contribution in [-0.4, -0.2) is 23.9 Å². The van der Waals surface area contributed by atoms with E-state index < -0.39 is 5.60 Å². The number of aliphatic hydroxyl groups is 1. The molecule has 1 saturated carbocycles. The molecule has 1 aliphatic carbocycles. The Balaban J connectivity index is 2.25. The third kappa shape index (κ3) is 2.20. The van der Waals surface area contributed by atoms with Gasteiger partial charge in [0.2, 0.25) is 0 Å². The molecule has 0 aromatic rings. The maximum absolute atomic E-state index is 9.93. The summed E-state index contributed by atoms with van der Waals surface area (Å²) in [5.41, 5.74) is -0.407. The maximum atomic E-state index is 9.93. The molecule has 0 radical (unpaired) electrons. The molecule has 0 heterocycles. The maximum Gasteiger partial charge on any atom is 0.0699 e. The van der Waals surface area contributed by atoms with Crippen molar-refractivity contribution in [2.24, 2.45) is 5.92 Å². The molecule has 1 atom stereocenters. The van der Waals surface area contributed by atoms with Crippen LogP contribution in [0.4, 0.5) is 0 Å². The molecule has 72 valence electrons. The lowest BCUT2D eigenvalue weighted by Crippen LogP contribution is -2.48. The molecular weight excluding hydrogens is 152 g/mol.